The molecule has 1 atom stereocenters. The standard InChI is InChI=1S/C22H24FN5O4S/c23-15-8-10-16(11-9-15)28-19(21(24)29)14-18(26-28)22(30)25-17-6-2-3-7-20(17)33(31,32)27-12-4-1-5-13-27/h2-3,6-11,19H,1,4-5,12-14H2,(H2,24,29)(H,25,30). The van der Waals surface area contributed by atoms with Gasteiger partial charge in [0.25, 0.3) is 5.91 Å². The van der Waals surface area contributed by atoms with Crippen molar-refractivity contribution in [2.45, 2.75) is 36.6 Å². The fraction of sp³-hybridized carbons (Fsp3) is 0.318. The van der Waals surface area contributed by atoms with Crippen LogP contribution in [-0.4, -0.2) is 49.4 Å². The molecule has 2 heterocycles. The third-order valence-corrected chi connectivity index (χ3v) is 7.62. The molecule has 2 aliphatic rings. The van der Waals surface area contributed by atoms with Crippen LogP contribution in [0.4, 0.5) is 15.8 Å². The molecule has 9 nitrogen and oxygen atoms in total. The monoisotopic (exact) mass is 473 g/mol. The first kappa shape index (κ1) is 22.9. The Bertz CT molecular complexity index is 1190. The maximum atomic E-state index is 13.3. The third-order valence-electron chi connectivity index (χ3n) is 5.66. The van der Waals surface area contributed by atoms with E-state index in [1.165, 1.54) is 45.7 Å². The van der Waals surface area contributed by atoms with Gasteiger partial charge in [-0.3, -0.25) is 14.6 Å². The molecule has 0 aliphatic carbocycles. The Morgan fingerprint density at radius 1 is 1.03 bits per heavy atom. The Balaban J connectivity index is 1.59. The summed E-state index contributed by atoms with van der Waals surface area (Å²) >= 11 is 0. The topological polar surface area (TPSA) is 125 Å². The average Bonchev–Trinajstić information content (AvgIpc) is 3.26. The van der Waals surface area contributed by atoms with E-state index in [0.717, 1.165) is 19.3 Å². The van der Waals surface area contributed by atoms with Gasteiger partial charge in [0.05, 0.1) is 11.4 Å². The summed E-state index contributed by atoms with van der Waals surface area (Å²) in [5.74, 6) is -1.80. The number of anilines is 2. The predicted octanol–water partition coefficient (Wildman–Crippen LogP) is 2.06. The minimum Gasteiger partial charge on any atom is -0.368 e. The average molecular weight is 474 g/mol. The maximum Gasteiger partial charge on any atom is 0.271 e. The number of rotatable bonds is 6. The van der Waals surface area contributed by atoms with Crippen molar-refractivity contribution >= 4 is 38.9 Å². The smallest absolute Gasteiger partial charge is 0.271 e. The molecule has 2 aliphatic heterocycles. The molecule has 174 valence electrons. The molecule has 2 amide bonds. The van der Waals surface area contributed by atoms with Crippen LogP contribution in [0.5, 0.6) is 0 Å². The SMILES string of the molecule is NC(=O)C1CC(C(=O)Nc2ccccc2S(=O)(=O)N2CCCCC2)=NN1c1ccc(F)cc1. The van der Waals surface area contributed by atoms with E-state index in [0.29, 0.717) is 18.8 Å². The Kier molecular flexibility index (Phi) is 6.43. The second-order valence-electron chi connectivity index (χ2n) is 7.91. The first-order chi connectivity index (χ1) is 15.8. The molecule has 0 bridgehead atoms. The van der Waals surface area contributed by atoms with Crippen molar-refractivity contribution in [2.75, 3.05) is 23.4 Å². The summed E-state index contributed by atoms with van der Waals surface area (Å²) in [5, 5.41) is 8.12. The van der Waals surface area contributed by atoms with Crippen molar-refractivity contribution in [1.82, 2.24) is 4.31 Å². The van der Waals surface area contributed by atoms with Gasteiger partial charge < -0.3 is 11.1 Å². The van der Waals surface area contributed by atoms with Crippen LogP contribution in [-0.2, 0) is 19.6 Å². The van der Waals surface area contributed by atoms with Gasteiger partial charge in [0.1, 0.15) is 22.5 Å². The van der Waals surface area contributed by atoms with Gasteiger partial charge in [-0.25, -0.2) is 12.8 Å². The van der Waals surface area contributed by atoms with E-state index in [4.69, 9.17) is 5.73 Å². The summed E-state index contributed by atoms with van der Waals surface area (Å²) in [6.45, 7) is 0.870. The number of hydrogen-bond donors (Lipinski definition) is 2. The lowest BCUT2D eigenvalue weighted by molar-refractivity contribution is -0.119. The summed E-state index contributed by atoms with van der Waals surface area (Å²) in [4.78, 5) is 24.9. The molecular formula is C22H24FN5O4S. The van der Waals surface area contributed by atoms with Crippen LogP contribution in [0, 0.1) is 5.82 Å². The lowest BCUT2D eigenvalue weighted by Gasteiger charge is -2.26. The summed E-state index contributed by atoms with van der Waals surface area (Å²) < 4.78 is 41.0. The maximum absolute atomic E-state index is 13.3. The van der Waals surface area contributed by atoms with Gasteiger partial charge in [-0.05, 0) is 49.2 Å². The number of carbonyl (C=O) groups is 2. The van der Waals surface area contributed by atoms with Gasteiger partial charge >= 0.3 is 0 Å². The number of primary amides is 1. The number of halogens is 1. The minimum absolute atomic E-state index is 0.000638. The van der Waals surface area contributed by atoms with Crippen LogP contribution in [0.2, 0.25) is 0 Å². The van der Waals surface area contributed by atoms with Crippen LogP contribution < -0.4 is 16.1 Å². The highest BCUT2D eigenvalue weighted by Crippen LogP contribution is 2.28. The third kappa shape index (κ3) is 4.74. The second-order valence-corrected chi connectivity index (χ2v) is 9.81. The van der Waals surface area contributed by atoms with Crippen molar-refractivity contribution in [2.24, 2.45) is 10.8 Å². The van der Waals surface area contributed by atoms with Crippen LogP contribution in [0.15, 0.2) is 58.5 Å². The number of carbonyl (C=O) groups excluding carboxylic acids is 2. The summed E-state index contributed by atoms with van der Waals surface area (Å²) in [6, 6.07) is 10.5. The van der Waals surface area contributed by atoms with Gasteiger partial charge in [0.2, 0.25) is 15.9 Å². The highest BCUT2D eigenvalue weighted by atomic mass is 32.2. The van der Waals surface area contributed by atoms with E-state index < -0.39 is 33.7 Å². The molecule has 1 unspecified atom stereocenters. The number of sulfonamides is 1. The molecule has 3 N–H and O–H groups in total. The van der Waals surface area contributed by atoms with E-state index >= 15 is 0 Å². The summed E-state index contributed by atoms with van der Waals surface area (Å²) in [5.41, 5.74) is 6.03. The van der Waals surface area contributed by atoms with Gasteiger partial charge in [0, 0.05) is 19.5 Å². The van der Waals surface area contributed by atoms with Crippen molar-refractivity contribution < 1.29 is 22.4 Å². The zero-order valence-corrected chi connectivity index (χ0v) is 18.6. The van der Waals surface area contributed by atoms with Crippen LogP contribution in [0.3, 0.4) is 0 Å². The molecule has 0 spiro atoms. The normalized spacial score (nSPS) is 19.2. The van der Waals surface area contributed by atoms with Gasteiger partial charge in [0.15, 0.2) is 0 Å². The molecule has 2 aromatic rings. The number of nitrogens with two attached hydrogens (primary N) is 1. The van der Waals surface area contributed by atoms with Crippen LogP contribution >= 0.6 is 0 Å². The number of hydrazone groups is 1. The fourth-order valence-corrected chi connectivity index (χ4v) is 5.60. The molecule has 1 saturated heterocycles. The molecule has 33 heavy (non-hydrogen) atoms. The summed E-state index contributed by atoms with van der Waals surface area (Å²) in [6.07, 6.45) is 2.49. The Labute approximate surface area is 191 Å². The molecular weight excluding hydrogens is 449 g/mol. The molecule has 1 fully saturated rings. The first-order valence-electron chi connectivity index (χ1n) is 10.6. The highest BCUT2D eigenvalue weighted by Gasteiger charge is 2.36. The quantitative estimate of drug-likeness (QED) is 0.664. The zero-order chi connectivity index (χ0) is 23.6. The van der Waals surface area contributed by atoms with Crippen molar-refractivity contribution in [1.29, 1.82) is 0 Å². The number of nitrogens with zero attached hydrogens (tertiary/aromatic N) is 3. The van der Waals surface area contributed by atoms with Crippen molar-refractivity contribution in [3.63, 3.8) is 0 Å². The number of nitrogens with one attached hydrogen (secondary N) is 1. The van der Waals surface area contributed by atoms with Crippen molar-refractivity contribution in [3.05, 3.63) is 54.3 Å². The highest BCUT2D eigenvalue weighted by molar-refractivity contribution is 7.89. The Hall–Kier alpha value is -3.31. The fourth-order valence-electron chi connectivity index (χ4n) is 3.93. The van der Waals surface area contributed by atoms with E-state index in [-0.39, 0.29) is 22.7 Å². The molecule has 11 heteroatoms. The molecule has 0 radical (unpaired) electrons. The molecule has 2 aromatic carbocycles. The Morgan fingerprint density at radius 3 is 2.36 bits per heavy atom. The number of benzene rings is 2. The molecule has 4 rings (SSSR count). The van der Waals surface area contributed by atoms with E-state index in [1.807, 2.05) is 0 Å². The minimum atomic E-state index is -3.79. The van der Waals surface area contributed by atoms with E-state index in [2.05, 4.69) is 10.4 Å². The Morgan fingerprint density at radius 2 is 1.70 bits per heavy atom. The lowest BCUT2D eigenvalue weighted by atomic mass is 10.1. The number of hydrogen-bond acceptors (Lipinski definition) is 6. The second kappa shape index (κ2) is 9.28. The molecule has 0 saturated carbocycles. The summed E-state index contributed by atoms with van der Waals surface area (Å²) in [7, 11) is -3.79. The predicted molar refractivity (Wildman–Crippen MR) is 122 cm³/mol. The van der Waals surface area contributed by atoms with Crippen LogP contribution in [0.25, 0.3) is 0 Å². The molecule has 0 aromatic heterocycles. The lowest BCUT2D eigenvalue weighted by Crippen LogP contribution is -2.39. The van der Waals surface area contributed by atoms with Gasteiger partial charge in [-0.1, -0.05) is 18.6 Å². The number of piperidine rings is 1. The van der Waals surface area contributed by atoms with E-state index in [1.54, 1.807) is 12.1 Å². The van der Waals surface area contributed by atoms with E-state index in [9.17, 15) is 22.4 Å². The number of para-hydroxylation sites is 1. The van der Waals surface area contributed by atoms with Crippen molar-refractivity contribution in [3.8, 4) is 0 Å². The zero-order valence-electron chi connectivity index (χ0n) is 17.8. The van der Waals surface area contributed by atoms with Crippen LogP contribution in [0.1, 0.15) is 25.7 Å². The number of amides is 2. The van der Waals surface area contributed by atoms with Gasteiger partial charge in [-0.15, -0.1) is 0 Å². The largest absolute Gasteiger partial charge is 0.368 e. The van der Waals surface area contributed by atoms with Gasteiger partial charge in [-0.2, -0.15) is 9.41 Å². The first-order valence-corrected chi connectivity index (χ1v) is 12.0.